The number of carbonyl (C=O) groups is 1. The molecule has 0 bridgehead atoms. The molecule has 1 rings (SSSR count). The summed E-state index contributed by atoms with van der Waals surface area (Å²) in [5, 5.41) is 20.3. The van der Waals surface area contributed by atoms with Crippen LogP contribution in [-0.4, -0.2) is 34.5 Å². The Bertz CT molecular complexity index is 300. The van der Waals surface area contributed by atoms with E-state index in [1.54, 1.807) is 0 Å². The van der Waals surface area contributed by atoms with Crippen molar-refractivity contribution < 1.29 is 19.7 Å². The van der Waals surface area contributed by atoms with Crippen molar-refractivity contribution in [1.82, 2.24) is 0 Å². The van der Waals surface area contributed by atoms with Gasteiger partial charge in [0.2, 0.25) is 0 Å². The van der Waals surface area contributed by atoms with E-state index >= 15 is 0 Å². The van der Waals surface area contributed by atoms with E-state index in [0.29, 0.717) is 6.42 Å². The lowest BCUT2D eigenvalue weighted by atomic mass is 9.59. The van der Waals surface area contributed by atoms with Crippen molar-refractivity contribution in [2.75, 3.05) is 0 Å². The lowest BCUT2D eigenvalue weighted by Crippen LogP contribution is -2.60. The summed E-state index contributed by atoms with van der Waals surface area (Å²) in [4.78, 5) is 11.1. The number of aliphatic hydroxyl groups excluding tert-OH is 2. The quantitative estimate of drug-likeness (QED) is 0.722. The zero-order chi connectivity index (χ0) is 13.4. The van der Waals surface area contributed by atoms with E-state index in [1.165, 1.54) is 6.92 Å². The third-order valence-corrected chi connectivity index (χ3v) is 4.08. The van der Waals surface area contributed by atoms with Crippen LogP contribution in [0.3, 0.4) is 0 Å². The van der Waals surface area contributed by atoms with Gasteiger partial charge in [-0.15, -0.1) is 0 Å². The molecule has 0 aromatic carbocycles. The summed E-state index contributed by atoms with van der Waals surface area (Å²) < 4.78 is 5.18. The Morgan fingerprint density at radius 2 is 1.88 bits per heavy atom. The number of ether oxygens (including phenoxy) is 1. The molecule has 1 aliphatic rings. The zero-order valence-corrected chi connectivity index (χ0v) is 11.4. The summed E-state index contributed by atoms with van der Waals surface area (Å²) >= 11 is 0. The van der Waals surface area contributed by atoms with Crippen LogP contribution in [0.2, 0.25) is 0 Å². The van der Waals surface area contributed by atoms with E-state index in [0.717, 1.165) is 6.42 Å². The van der Waals surface area contributed by atoms with Crippen molar-refractivity contribution in [3.05, 3.63) is 0 Å². The van der Waals surface area contributed by atoms with Gasteiger partial charge < -0.3 is 14.9 Å². The van der Waals surface area contributed by atoms with Crippen molar-refractivity contribution in [1.29, 1.82) is 0 Å². The fourth-order valence-electron chi connectivity index (χ4n) is 3.03. The fraction of sp³-hybridized carbons (Fsp3) is 0.923. The van der Waals surface area contributed by atoms with Gasteiger partial charge >= 0.3 is 5.97 Å². The predicted molar refractivity (Wildman–Crippen MR) is 64.4 cm³/mol. The number of esters is 1. The Hall–Kier alpha value is -0.610. The monoisotopic (exact) mass is 244 g/mol. The molecule has 0 aromatic rings. The molecule has 4 atom stereocenters. The summed E-state index contributed by atoms with van der Waals surface area (Å²) in [6.45, 7) is 9.21. The number of carbonyl (C=O) groups excluding carboxylic acids is 1. The van der Waals surface area contributed by atoms with E-state index < -0.39 is 24.3 Å². The fourth-order valence-corrected chi connectivity index (χ4v) is 3.03. The normalized spacial score (nSPS) is 41.0. The summed E-state index contributed by atoms with van der Waals surface area (Å²) in [5.74, 6) is -0.422. The Kier molecular flexibility index (Phi) is 3.89. The zero-order valence-electron chi connectivity index (χ0n) is 11.4. The molecule has 4 heteroatoms. The van der Waals surface area contributed by atoms with Gasteiger partial charge in [0.05, 0.1) is 6.10 Å². The molecule has 0 radical (unpaired) electrons. The molecule has 1 saturated carbocycles. The van der Waals surface area contributed by atoms with Crippen LogP contribution in [-0.2, 0) is 9.53 Å². The second kappa shape index (κ2) is 4.58. The first-order valence-corrected chi connectivity index (χ1v) is 6.17. The van der Waals surface area contributed by atoms with Gasteiger partial charge in [-0.05, 0) is 18.3 Å². The molecular weight excluding hydrogens is 220 g/mol. The molecular formula is C13H24O4. The summed E-state index contributed by atoms with van der Waals surface area (Å²) in [6, 6.07) is 0. The van der Waals surface area contributed by atoms with Crippen molar-refractivity contribution in [2.45, 2.75) is 65.8 Å². The number of hydrogen-bond acceptors (Lipinski definition) is 4. The van der Waals surface area contributed by atoms with Gasteiger partial charge in [-0.25, -0.2) is 0 Å². The molecule has 4 unspecified atom stereocenters. The first-order chi connectivity index (χ1) is 7.64. The van der Waals surface area contributed by atoms with Crippen LogP contribution in [0.1, 0.15) is 47.5 Å². The van der Waals surface area contributed by atoms with Crippen LogP contribution in [0, 0.1) is 10.8 Å². The SMILES string of the molecule is CCC1(C)CC(C)(C)C(OC(C)=O)C(O)C1O. The van der Waals surface area contributed by atoms with Crippen LogP contribution in [0.5, 0.6) is 0 Å². The van der Waals surface area contributed by atoms with Gasteiger partial charge in [-0.2, -0.15) is 0 Å². The molecule has 2 N–H and O–H groups in total. The van der Waals surface area contributed by atoms with Gasteiger partial charge in [-0.3, -0.25) is 4.79 Å². The highest BCUT2D eigenvalue weighted by Crippen LogP contribution is 2.49. The molecule has 0 aromatic heterocycles. The summed E-state index contributed by atoms with van der Waals surface area (Å²) in [5.41, 5.74) is -0.672. The molecule has 0 amide bonds. The van der Waals surface area contributed by atoms with Gasteiger partial charge in [0.15, 0.2) is 0 Å². The molecule has 17 heavy (non-hydrogen) atoms. The molecule has 0 spiro atoms. The van der Waals surface area contributed by atoms with Gasteiger partial charge in [0, 0.05) is 12.3 Å². The minimum atomic E-state index is -1.02. The first kappa shape index (κ1) is 14.5. The maximum Gasteiger partial charge on any atom is 0.303 e. The van der Waals surface area contributed by atoms with Crippen molar-refractivity contribution in [3.8, 4) is 0 Å². The highest BCUT2D eigenvalue weighted by molar-refractivity contribution is 5.66. The minimum absolute atomic E-state index is 0.334. The third kappa shape index (κ3) is 2.63. The average Bonchev–Trinajstić information content (AvgIpc) is 2.21. The Morgan fingerprint density at radius 1 is 1.35 bits per heavy atom. The average molecular weight is 244 g/mol. The molecule has 4 nitrogen and oxygen atoms in total. The van der Waals surface area contributed by atoms with Crippen molar-refractivity contribution in [2.24, 2.45) is 10.8 Å². The largest absolute Gasteiger partial charge is 0.459 e. The molecule has 0 saturated heterocycles. The van der Waals surface area contributed by atoms with Crippen molar-refractivity contribution in [3.63, 3.8) is 0 Å². The Morgan fingerprint density at radius 3 is 2.29 bits per heavy atom. The van der Waals surface area contributed by atoms with Gasteiger partial charge in [-0.1, -0.05) is 27.7 Å². The van der Waals surface area contributed by atoms with Crippen LogP contribution in [0.4, 0.5) is 0 Å². The van der Waals surface area contributed by atoms with Crippen LogP contribution < -0.4 is 0 Å². The van der Waals surface area contributed by atoms with Crippen LogP contribution in [0.15, 0.2) is 0 Å². The summed E-state index contributed by atoms with van der Waals surface area (Å²) in [7, 11) is 0. The standard InChI is InChI=1S/C13H24O4/c1-6-13(5)7-12(3,4)11(17-8(2)14)9(15)10(13)16/h9-11,15-16H,6-7H2,1-5H3. The second-order valence-electron chi connectivity index (χ2n) is 6.14. The predicted octanol–water partition coefficient (Wildman–Crippen LogP) is 1.49. The maximum atomic E-state index is 11.1. The van der Waals surface area contributed by atoms with E-state index in [-0.39, 0.29) is 10.8 Å². The molecule has 1 fully saturated rings. The molecule has 0 heterocycles. The van der Waals surface area contributed by atoms with Crippen LogP contribution in [0.25, 0.3) is 0 Å². The smallest absolute Gasteiger partial charge is 0.303 e. The van der Waals surface area contributed by atoms with Crippen LogP contribution >= 0.6 is 0 Å². The van der Waals surface area contributed by atoms with Crippen molar-refractivity contribution >= 4 is 5.97 Å². The van der Waals surface area contributed by atoms with Gasteiger partial charge in [0.25, 0.3) is 0 Å². The van der Waals surface area contributed by atoms with E-state index in [9.17, 15) is 15.0 Å². The highest BCUT2D eigenvalue weighted by atomic mass is 16.6. The lowest BCUT2D eigenvalue weighted by Gasteiger charge is -2.52. The Labute approximate surface area is 103 Å². The maximum absolute atomic E-state index is 11.1. The first-order valence-electron chi connectivity index (χ1n) is 6.17. The molecule has 100 valence electrons. The summed E-state index contributed by atoms with van der Waals surface area (Å²) in [6.07, 6.45) is -1.03. The van der Waals surface area contributed by atoms with E-state index in [1.807, 2.05) is 27.7 Å². The number of aliphatic hydroxyl groups is 2. The lowest BCUT2D eigenvalue weighted by molar-refractivity contribution is -0.209. The molecule has 0 aliphatic heterocycles. The Balaban J connectivity index is 3.00. The third-order valence-electron chi connectivity index (χ3n) is 4.08. The van der Waals surface area contributed by atoms with E-state index in [4.69, 9.17) is 4.74 Å². The topological polar surface area (TPSA) is 66.8 Å². The van der Waals surface area contributed by atoms with E-state index in [2.05, 4.69) is 0 Å². The number of hydrogen-bond donors (Lipinski definition) is 2. The minimum Gasteiger partial charge on any atom is -0.459 e. The number of rotatable bonds is 2. The second-order valence-corrected chi connectivity index (χ2v) is 6.14. The molecule has 1 aliphatic carbocycles. The van der Waals surface area contributed by atoms with Gasteiger partial charge in [0.1, 0.15) is 12.2 Å². The highest BCUT2D eigenvalue weighted by Gasteiger charge is 2.54.